The lowest BCUT2D eigenvalue weighted by Gasteiger charge is -2.09. The number of carbonyl (C=O) groups excluding carboxylic acids is 1. The zero-order valence-corrected chi connectivity index (χ0v) is 12.9. The standard InChI is InChI=1S/C14H12ClF3N4O2/c15-9-2-1-3-10(6-9)21-12(23)20-7-11-4-5-19-13(22-11)24-8-14(16,17)18/h1-6H,7-8H2,(H2,20,21,23). The maximum Gasteiger partial charge on any atom is 0.422 e. The Kier molecular flexibility index (Phi) is 5.80. The van der Waals surface area contributed by atoms with Crippen molar-refractivity contribution in [2.45, 2.75) is 12.7 Å². The van der Waals surface area contributed by atoms with Gasteiger partial charge < -0.3 is 15.4 Å². The number of rotatable bonds is 5. The third kappa shape index (κ3) is 6.29. The van der Waals surface area contributed by atoms with Gasteiger partial charge >= 0.3 is 18.2 Å². The van der Waals surface area contributed by atoms with Gasteiger partial charge in [0, 0.05) is 16.9 Å². The van der Waals surface area contributed by atoms with Crippen molar-refractivity contribution in [1.82, 2.24) is 15.3 Å². The summed E-state index contributed by atoms with van der Waals surface area (Å²) in [6.07, 6.45) is -3.24. The third-order valence-electron chi connectivity index (χ3n) is 2.57. The third-order valence-corrected chi connectivity index (χ3v) is 2.80. The van der Waals surface area contributed by atoms with Gasteiger partial charge in [-0.25, -0.2) is 9.78 Å². The Hall–Kier alpha value is -2.55. The first kappa shape index (κ1) is 17.8. The number of anilines is 1. The highest BCUT2D eigenvalue weighted by Gasteiger charge is 2.28. The van der Waals surface area contributed by atoms with Gasteiger partial charge in [0.15, 0.2) is 6.61 Å². The Morgan fingerprint density at radius 3 is 2.79 bits per heavy atom. The summed E-state index contributed by atoms with van der Waals surface area (Å²) < 4.78 is 40.7. The van der Waals surface area contributed by atoms with Crippen LogP contribution >= 0.6 is 11.6 Å². The zero-order valence-electron chi connectivity index (χ0n) is 12.1. The first-order valence-corrected chi connectivity index (χ1v) is 7.01. The van der Waals surface area contributed by atoms with E-state index in [1.54, 1.807) is 24.3 Å². The van der Waals surface area contributed by atoms with E-state index in [1.165, 1.54) is 12.3 Å². The van der Waals surface area contributed by atoms with E-state index in [4.69, 9.17) is 11.6 Å². The predicted octanol–water partition coefficient (Wildman–Crippen LogP) is 3.39. The van der Waals surface area contributed by atoms with Crippen LogP contribution in [0.3, 0.4) is 0 Å². The number of aromatic nitrogens is 2. The van der Waals surface area contributed by atoms with E-state index < -0.39 is 24.8 Å². The Balaban J connectivity index is 1.86. The van der Waals surface area contributed by atoms with E-state index in [-0.39, 0.29) is 6.54 Å². The van der Waals surface area contributed by atoms with Crippen LogP contribution in [0.15, 0.2) is 36.5 Å². The molecule has 0 spiro atoms. The van der Waals surface area contributed by atoms with Crippen molar-refractivity contribution in [3.8, 4) is 6.01 Å². The molecule has 1 aromatic carbocycles. The molecule has 0 atom stereocenters. The van der Waals surface area contributed by atoms with E-state index in [0.29, 0.717) is 16.4 Å². The molecule has 24 heavy (non-hydrogen) atoms. The topological polar surface area (TPSA) is 76.1 Å². The summed E-state index contributed by atoms with van der Waals surface area (Å²) in [7, 11) is 0. The fraction of sp³-hybridized carbons (Fsp3) is 0.214. The Bertz CT molecular complexity index is 712. The number of amides is 2. The van der Waals surface area contributed by atoms with Crippen LogP contribution in [0.1, 0.15) is 5.69 Å². The second kappa shape index (κ2) is 7.82. The smallest absolute Gasteiger partial charge is 0.422 e. The molecular weight excluding hydrogens is 349 g/mol. The van der Waals surface area contributed by atoms with Gasteiger partial charge in [-0.1, -0.05) is 17.7 Å². The zero-order chi connectivity index (χ0) is 17.6. The molecule has 6 nitrogen and oxygen atoms in total. The number of carbonyl (C=O) groups is 1. The van der Waals surface area contributed by atoms with E-state index in [0.717, 1.165) is 0 Å². The fourth-order valence-corrected chi connectivity index (χ4v) is 1.79. The van der Waals surface area contributed by atoms with Crippen molar-refractivity contribution >= 4 is 23.3 Å². The van der Waals surface area contributed by atoms with Gasteiger partial charge in [0.25, 0.3) is 0 Å². The lowest BCUT2D eigenvalue weighted by molar-refractivity contribution is -0.154. The summed E-state index contributed by atoms with van der Waals surface area (Å²) in [4.78, 5) is 19.1. The molecule has 0 aliphatic carbocycles. The van der Waals surface area contributed by atoms with Crippen LogP contribution in [-0.4, -0.2) is 28.8 Å². The number of benzene rings is 1. The highest BCUT2D eigenvalue weighted by molar-refractivity contribution is 6.30. The van der Waals surface area contributed by atoms with E-state index >= 15 is 0 Å². The minimum atomic E-state index is -4.48. The highest BCUT2D eigenvalue weighted by atomic mass is 35.5. The molecule has 128 valence electrons. The molecule has 0 aliphatic rings. The van der Waals surface area contributed by atoms with E-state index in [1.807, 2.05) is 0 Å². The van der Waals surface area contributed by atoms with Gasteiger partial charge in [0.1, 0.15) is 0 Å². The summed E-state index contributed by atoms with van der Waals surface area (Å²) in [6.45, 7) is -1.50. The van der Waals surface area contributed by atoms with E-state index in [9.17, 15) is 18.0 Å². The number of nitrogens with one attached hydrogen (secondary N) is 2. The number of urea groups is 1. The summed E-state index contributed by atoms with van der Waals surface area (Å²) in [6, 6.07) is 7.06. The predicted molar refractivity (Wildman–Crippen MR) is 80.9 cm³/mol. The molecule has 1 heterocycles. The molecule has 0 fully saturated rings. The number of ether oxygens (including phenoxy) is 1. The van der Waals surface area contributed by atoms with Crippen LogP contribution in [0, 0.1) is 0 Å². The Labute approximate surface area is 140 Å². The van der Waals surface area contributed by atoms with Gasteiger partial charge in [-0.15, -0.1) is 0 Å². The minimum Gasteiger partial charge on any atom is -0.454 e. The van der Waals surface area contributed by atoms with Gasteiger partial charge in [0.05, 0.1) is 12.2 Å². The maximum atomic E-state index is 12.1. The molecule has 0 aliphatic heterocycles. The maximum absolute atomic E-state index is 12.1. The first-order chi connectivity index (χ1) is 11.3. The number of nitrogens with zero attached hydrogens (tertiary/aromatic N) is 2. The lowest BCUT2D eigenvalue weighted by atomic mass is 10.3. The molecule has 0 saturated heterocycles. The first-order valence-electron chi connectivity index (χ1n) is 6.64. The molecule has 10 heteroatoms. The van der Waals surface area contributed by atoms with Crippen LogP contribution < -0.4 is 15.4 Å². The number of hydrogen-bond donors (Lipinski definition) is 2. The lowest BCUT2D eigenvalue weighted by Crippen LogP contribution is -2.28. The van der Waals surface area contributed by atoms with Crippen molar-refractivity contribution < 1.29 is 22.7 Å². The highest BCUT2D eigenvalue weighted by Crippen LogP contribution is 2.16. The van der Waals surface area contributed by atoms with Crippen LogP contribution in [0.4, 0.5) is 23.7 Å². The quantitative estimate of drug-likeness (QED) is 0.857. The van der Waals surface area contributed by atoms with Crippen LogP contribution in [-0.2, 0) is 6.54 Å². The minimum absolute atomic E-state index is 0.0166. The van der Waals surface area contributed by atoms with Crippen molar-refractivity contribution in [1.29, 1.82) is 0 Å². The number of halogens is 4. The van der Waals surface area contributed by atoms with Gasteiger partial charge in [-0.3, -0.25) is 0 Å². The molecule has 0 radical (unpaired) electrons. The summed E-state index contributed by atoms with van der Waals surface area (Å²) in [5, 5.41) is 5.53. The monoisotopic (exact) mass is 360 g/mol. The molecule has 0 saturated carbocycles. The largest absolute Gasteiger partial charge is 0.454 e. The van der Waals surface area contributed by atoms with Crippen molar-refractivity contribution in [3.63, 3.8) is 0 Å². The summed E-state index contributed by atoms with van der Waals surface area (Å²) >= 11 is 5.80. The molecular formula is C14H12ClF3N4O2. The number of alkyl halides is 3. The molecule has 2 amide bonds. The van der Waals surface area contributed by atoms with Crippen LogP contribution in [0.2, 0.25) is 5.02 Å². The Morgan fingerprint density at radius 1 is 1.29 bits per heavy atom. The molecule has 0 unspecified atom stereocenters. The normalized spacial score (nSPS) is 11.0. The Morgan fingerprint density at radius 2 is 2.08 bits per heavy atom. The second-order valence-corrected chi connectivity index (χ2v) is 4.99. The van der Waals surface area contributed by atoms with Crippen molar-refractivity contribution in [2.24, 2.45) is 0 Å². The van der Waals surface area contributed by atoms with E-state index in [2.05, 4.69) is 25.3 Å². The van der Waals surface area contributed by atoms with Gasteiger partial charge in [-0.2, -0.15) is 18.2 Å². The van der Waals surface area contributed by atoms with Crippen molar-refractivity contribution in [2.75, 3.05) is 11.9 Å². The average molecular weight is 361 g/mol. The van der Waals surface area contributed by atoms with Crippen molar-refractivity contribution in [3.05, 3.63) is 47.2 Å². The van der Waals surface area contributed by atoms with Gasteiger partial charge in [0.2, 0.25) is 0 Å². The fourth-order valence-electron chi connectivity index (χ4n) is 1.60. The molecule has 2 N–H and O–H groups in total. The van der Waals surface area contributed by atoms with Gasteiger partial charge in [-0.05, 0) is 24.3 Å². The molecule has 2 aromatic rings. The SMILES string of the molecule is O=C(NCc1ccnc(OCC(F)(F)F)n1)Nc1cccc(Cl)c1. The molecule has 1 aromatic heterocycles. The molecule has 2 rings (SSSR count). The summed E-state index contributed by atoms with van der Waals surface area (Å²) in [5.74, 6) is 0. The molecule has 0 bridgehead atoms. The average Bonchev–Trinajstić information content (AvgIpc) is 2.51. The van der Waals surface area contributed by atoms with Crippen LogP contribution in [0.5, 0.6) is 6.01 Å². The second-order valence-electron chi connectivity index (χ2n) is 4.55. The number of hydrogen-bond acceptors (Lipinski definition) is 4. The van der Waals surface area contributed by atoms with Crippen LogP contribution in [0.25, 0.3) is 0 Å². The summed E-state index contributed by atoms with van der Waals surface area (Å²) in [5.41, 5.74) is 0.792.